The summed E-state index contributed by atoms with van der Waals surface area (Å²) in [5.41, 5.74) is 0.678. The molecule has 0 aromatic carbocycles. The van der Waals surface area contributed by atoms with E-state index in [1.54, 1.807) is 0 Å². The molecule has 0 N–H and O–H groups in total. The lowest BCUT2D eigenvalue weighted by Gasteiger charge is -1.89. The molecule has 1 aliphatic rings. The zero-order chi connectivity index (χ0) is 9.59. The Morgan fingerprint density at radius 2 is 2.15 bits per heavy atom. The maximum atomic E-state index is 11.2. The van der Waals surface area contributed by atoms with Crippen LogP contribution in [-0.2, 0) is 6.42 Å². The van der Waals surface area contributed by atoms with Crippen LogP contribution >= 0.6 is 27.3 Å². The van der Waals surface area contributed by atoms with E-state index in [2.05, 4.69) is 15.9 Å². The van der Waals surface area contributed by atoms with Crippen molar-refractivity contribution in [1.82, 2.24) is 0 Å². The van der Waals surface area contributed by atoms with Gasteiger partial charge in [-0.1, -0.05) is 0 Å². The zero-order valence-corrected chi connectivity index (χ0v) is 8.77. The molecule has 6 heteroatoms. The van der Waals surface area contributed by atoms with E-state index in [4.69, 9.17) is 0 Å². The van der Waals surface area contributed by atoms with Crippen LogP contribution in [0.2, 0.25) is 0 Å². The van der Waals surface area contributed by atoms with Crippen LogP contribution in [0.3, 0.4) is 0 Å². The van der Waals surface area contributed by atoms with Gasteiger partial charge < -0.3 is 0 Å². The molecule has 4 nitrogen and oxygen atoms in total. The highest BCUT2D eigenvalue weighted by atomic mass is 79.9. The normalized spacial score (nSPS) is 14.7. The quantitative estimate of drug-likeness (QED) is 0.577. The molecule has 0 amide bonds. The van der Waals surface area contributed by atoms with E-state index >= 15 is 0 Å². The van der Waals surface area contributed by atoms with Gasteiger partial charge in [0, 0.05) is 6.42 Å². The summed E-state index contributed by atoms with van der Waals surface area (Å²) in [6.07, 6.45) is 0.919. The van der Waals surface area contributed by atoms with Crippen LogP contribution in [0.15, 0.2) is 3.79 Å². The van der Waals surface area contributed by atoms with Gasteiger partial charge in [0.15, 0.2) is 5.78 Å². The highest BCUT2D eigenvalue weighted by molar-refractivity contribution is 9.11. The number of hydrogen-bond donors (Lipinski definition) is 0. The minimum absolute atomic E-state index is 0.0220. The number of halogens is 1. The van der Waals surface area contributed by atoms with E-state index in [1.807, 2.05) is 0 Å². The molecular formula is C7H4BrNO3S. The lowest BCUT2D eigenvalue weighted by atomic mass is 10.2. The molecule has 68 valence electrons. The van der Waals surface area contributed by atoms with E-state index in [1.165, 1.54) is 11.3 Å². The summed E-state index contributed by atoms with van der Waals surface area (Å²) in [5.74, 6) is 0.0220. The minimum atomic E-state index is -0.433. The predicted molar refractivity (Wildman–Crippen MR) is 51.3 cm³/mol. The van der Waals surface area contributed by atoms with Crippen molar-refractivity contribution in [3.63, 3.8) is 0 Å². The Bertz CT molecular complexity index is 412. The summed E-state index contributed by atoms with van der Waals surface area (Å²) in [6.45, 7) is 0. The van der Waals surface area contributed by atoms with Gasteiger partial charge in [0.25, 0.3) is 5.69 Å². The summed E-state index contributed by atoms with van der Waals surface area (Å²) < 4.78 is 0.454. The number of hydrogen-bond acceptors (Lipinski definition) is 4. The molecule has 1 aromatic rings. The third-order valence-corrected chi connectivity index (χ3v) is 3.89. The monoisotopic (exact) mass is 261 g/mol. The number of nitrogens with zero attached hydrogens (tertiary/aromatic N) is 1. The Kier molecular flexibility index (Phi) is 1.96. The van der Waals surface area contributed by atoms with Crippen molar-refractivity contribution in [1.29, 1.82) is 0 Å². The van der Waals surface area contributed by atoms with Gasteiger partial charge >= 0.3 is 0 Å². The van der Waals surface area contributed by atoms with Crippen molar-refractivity contribution in [3.8, 4) is 0 Å². The summed E-state index contributed by atoms with van der Waals surface area (Å²) in [7, 11) is 0. The molecule has 0 saturated heterocycles. The second-order valence-corrected chi connectivity index (χ2v) is 5.05. The minimum Gasteiger partial charge on any atom is -0.293 e. The third kappa shape index (κ3) is 1.21. The first-order chi connectivity index (χ1) is 6.11. The standard InChI is InChI=1S/C7H4BrNO3S/c8-7-5(9(11)12)3-1-2-4(10)6(3)13-7/h1-2H2. The maximum absolute atomic E-state index is 11.2. The zero-order valence-electron chi connectivity index (χ0n) is 6.37. The van der Waals surface area contributed by atoms with Crippen molar-refractivity contribution in [2.24, 2.45) is 0 Å². The number of thiophene rings is 1. The van der Waals surface area contributed by atoms with Gasteiger partial charge in [-0.05, 0) is 22.4 Å². The van der Waals surface area contributed by atoms with Crippen LogP contribution in [0.4, 0.5) is 5.69 Å². The lowest BCUT2D eigenvalue weighted by Crippen LogP contribution is -1.90. The first-order valence-electron chi connectivity index (χ1n) is 3.60. The first kappa shape index (κ1) is 8.83. The van der Waals surface area contributed by atoms with Gasteiger partial charge in [-0.3, -0.25) is 14.9 Å². The summed E-state index contributed by atoms with van der Waals surface area (Å²) in [5, 5.41) is 10.6. The van der Waals surface area contributed by atoms with Gasteiger partial charge in [0.2, 0.25) is 0 Å². The van der Waals surface area contributed by atoms with Crippen LogP contribution in [-0.4, -0.2) is 10.7 Å². The predicted octanol–water partition coefficient (Wildman–Crippen LogP) is 2.55. The Balaban J connectivity index is 2.65. The van der Waals surface area contributed by atoms with Crippen LogP contribution in [0.25, 0.3) is 0 Å². The molecule has 0 unspecified atom stereocenters. The number of ketones is 1. The van der Waals surface area contributed by atoms with Crippen LogP contribution < -0.4 is 0 Å². The van der Waals surface area contributed by atoms with Gasteiger partial charge in [0.1, 0.15) is 3.79 Å². The topological polar surface area (TPSA) is 60.2 Å². The van der Waals surface area contributed by atoms with Crippen molar-refractivity contribution in [3.05, 3.63) is 24.3 Å². The fourth-order valence-corrected chi connectivity index (χ4v) is 3.30. The largest absolute Gasteiger partial charge is 0.298 e. The van der Waals surface area contributed by atoms with E-state index < -0.39 is 4.92 Å². The molecule has 0 atom stereocenters. The Hall–Kier alpha value is -0.750. The van der Waals surface area contributed by atoms with Gasteiger partial charge in [-0.2, -0.15) is 0 Å². The highest BCUT2D eigenvalue weighted by Crippen LogP contribution is 2.43. The Morgan fingerprint density at radius 1 is 1.46 bits per heavy atom. The Labute approximate surface area is 85.8 Å². The molecule has 2 rings (SSSR count). The molecule has 0 aliphatic heterocycles. The number of carbonyl (C=O) groups is 1. The number of fused-ring (bicyclic) bond motifs is 1. The number of nitro groups is 1. The second kappa shape index (κ2) is 2.88. The molecule has 0 saturated carbocycles. The molecule has 1 aromatic heterocycles. The average Bonchev–Trinajstić information content (AvgIpc) is 2.51. The van der Waals surface area contributed by atoms with Crippen LogP contribution in [0.1, 0.15) is 21.7 Å². The molecule has 0 spiro atoms. The van der Waals surface area contributed by atoms with E-state index in [0.29, 0.717) is 27.1 Å². The van der Waals surface area contributed by atoms with Gasteiger partial charge in [0.05, 0.1) is 15.4 Å². The van der Waals surface area contributed by atoms with E-state index in [9.17, 15) is 14.9 Å². The van der Waals surface area contributed by atoms with Crippen molar-refractivity contribution >= 4 is 38.7 Å². The molecule has 1 heterocycles. The first-order valence-corrected chi connectivity index (χ1v) is 5.21. The average molecular weight is 262 g/mol. The van der Waals surface area contributed by atoms with Crippen molar-refractivity contribution in [2.45, 2.75) is 12.8 Å². The highest BCUT2D eigenvalue weighted by Gasteiger charge is 2.33. The van der Waals surface area contributed by atoms with Crippen molar-refractivity contribution in [2.75, 3.05) is 0 Å². The molecule has 1 aliphatic carbocycles. The van der Waals surface area contributed by atoms with Gasteiger partial charge in [-0.25, -0.2) is 0 Å². The SMILES string of the molecule is O=C1CCc2c1sc(Br)c2[N+](=O)[O-]. The number of rotatable bonds is 1. The molecule has 0 fully saturated rings. The summed E-state index contributed by atoms with van der Waals surface area (Å²) >= 11 is 4.26. The fourth-order valence-electron chi connectivity index (χ4n) is 1.42. The van der Waals surface area contributed by atoms with Crippen molar-refractivity contribution < 1.29 is 9.72 Å². The summed E-state index contributed by atoms with van der Waals surface area (Å²) in [6, 6.07) is 0. The van der Waals surface area contributed by atoms with E-state index in [0.717, 1.165) is 0 Å². The number of Topliss-reactive ketones (excluding diaryl/α,β-unsaturated/α-hetero) is 1. The molecular weight excluding hydrogens is 258 g/mol. The van der Waals surface area contributed by atoms with Crippen LogP contribution in [0.5, 0.6) is 0 Å². The lowest BCUT2D eigenvalue weighted by molar-refractivity contribution is -0.385. The third-order valence-electron chi connectivity index (χ3n) is 1.98. The number of carbonyl (C=O) groups excluding carboxylic acids is 1. The summed E-state index contributed by atoms with van der Waals surface area (Å²) in [4.78, 5) is 22.0. The second-order valence-electron chi connectivity index (χ2n) is 2.71. The Morgan fingerprint density at radius 3 is 2.77 bits per heavy atom. The smallest absolute Gasteiger partial charge is 0.293 e. The van der Waals surface area contributed by atoms with Crippen LogP contribution in [0, 0.1) is 10.1 Å². The fraction of sp³-hybridized carbons (Fsp3) is 0.286. The molecule has 13 heavy (non-hydrogen) atoms. The molecule has 0 bridgehead atoms. The molecule has 0 radical (unpaired) electrons. The maximum Gasteiger partial charge on any atom is 0.298 e. The van der Waals surface area contributed by atoms with E-state index in [-0.39, 0.29) is 11.5 Å². The van der Waals surface area contributed by atoms with Gasteiger partial charge in [-0.15, -0.1) is 11.3 Å².